The summed E-state index contributed by atoms with van der Waals surface area (Å²) in [6.07, 6.45) is 2.00. The van der Waals surface area contributed by atoms with E-state index < -0.39 is 0 Å². The predicted molar refractivity (Wildman–Crippen MR) is 72.3 cm³/mol. The molecule has 94 valence electrons. The third-order valence-electron chi connectivity index (χ3n) is 2.88. The summed E-state index contributed by atoms with van der Waals surface area (Å²) in [7, 11) is 0. The van der Waals surface area contributed by atoms with E-state index in [4.69, 9.17) is 0 Å². The van der Waals surface area contributed by atoms with Crippen LogP contribution in [0.15, 0.2) is 36.9 Å². The monoisotopic (exact) mass is 243 g/mol. The number of nitrogens with zero attached hydrogens (tertiary/aromatic N) is 2. The van der Waals surface area contributed by atoms with E-state index in [2.05, 4.69) is 34.4 Å². The number of fused-ring (bicyclic) bond motifs is 1. The van der Waals surface area contributed by atoms with E-state index in [1.54, 1.807) is 0 Å². The highest BCUT2D eigenvalue weighted by molar-refractivity contribution is 5.86. The van der Waals surface area contributed by atoms with Crippen LogP contribution in [0.25, 0.3) is 11.0 Å². The lowest BCUT2D eigenvalue weighted by Gasteiger charge is -2.06. The van der Waals surface area contributed by atoms with Gasteiger partial charge >= 0.3 is 0 Å². The first-order valence-corrected chi connectivity index (χ1v) is 6.10. The Morgan fingerprint density at radius 1 is 1.50 bits per heavy atom. The van der Waals surface area contributed by atoms with E-state index in [0.717, 1.165) is 29.8 Å². The minimum Gasteiger partial charge on any atom is -0.352 e. The molecule has 1 aromatic carbocycles. The summed E-state index contributed by atoms with van der Waals surface area (Å²) in [6.45, 7) is 6.98. The molecule has 4 heteroatoms. The highest BCUT2D eigenvalue weighted by Gasteiger charge is 2.08. The van der Waals surface area contributed by atoms with Crippen molar-refractivity contribution in [3.05, 3.63) is 42.7 Å². The predicted octanol–water partition coefficient (Wildman–Crippen LogP) is 1.90. The zero-order valence-electron chi connectivity index (χ0n) is 10.5. The van der Waals surface area contributed by atoms with E-state index in [1.807, 2.05) is 18.2 Å². The summed E-state index contributed by atoms with van der Waals surface area (Å²) in [5.41, 5.74) is 2.15. The Hall–Kier alpha value is -2.10. The Bertz CT molecular complexity index is 571. The van der Waals surface area contributed by atoms with Gasteiger partial charge in [0.05, 0.1) is 11.0 Å². The molecule has 0 aliphatic carbocycles. The molecule has 0 aliphatic heterocycles. The number of amides is 1. The average molecular weight is 243 g/mol. The zero-order valence-corrected chi connectivity index (χ0v) is 10.5. The van der Waals surface area contributed by atoms with Gasteiger partial charge in [0.1, 0.15) is 5.82 Å². The average Bonchev–Trinajstić information content (AvgIpc) is 2.75. The zero-order chi connectivity index (χ0) is 13.0. The summed E-state index contributed by atoms with van der Waals surface area (Å²) >= 11 is 0. The Morgan fingerprint density at radius 3 is 3.00 bits per heavy atom. The second-order valence-electron chi connectivity index (χ2n) is 4.01. The minimum atomic E-state index is -0.144. The standard InChI is InChI=1S/C14H17N3O/c1-3-14(18)15-10-9-13-16-11-7-5-6-8-12(11)17(13)4-2/h3,5-8H,1,4,9-10H2,2H3,(H,15,18). The van der Waals surface area contributed by atoms with Gasteiger partial charge in [-0.2, -0.15) is 0 Å². The van der Waals surface area contributed by atoms with Crippen LogP contribution in [-0.4, -0.2) is 22.0 Å². The maximum Gasteiger partial charge on any atom is 0.243 e. The van der Waals surface area contributed by atoms with Crippen molar-refractivity contribution in [3.8, 4) is 0 Å². The van der Waals surface area contributed by atoms with Gasteiger partial charge in [-0.05, 0) is 25.1 Å². The van der Waals surface area contributed by atoms with E-state index in [1.165, 1.54) is 6.08 Å². The number of aromatic nitrogens is 2. The molecule has 0 aliphatic rings. The van der Waals surface area contributed by atoms with Crippen molar-refractivity contribution in [2.45, 2.75) is 19.9 Å². The van der Waals surface area contributed by atoms with Crippen molar-refractivity contribution in [3.63, 3.8) is 0 Å². The fourth-order valence-electron chi connectivity index (χ4n) is 2.04. The molecule has 0 fully saturated rings. The molecule has 1 N–H and O–H groups in total. The molecule has 2 rings (SSSR count). The molecule has 2 aromatic rings. The van der Waals surface area contributed by atoms with Crippen LogP contribution in [0.3, 0.4) is 0 Å². The lowest BCUT2D eigenvalue weighted by Crippen LogP contribution is -2.24. The number of carbonyl (C=O) groups excluding carboxylic acids is 1. The molecule has 18 heavy (non-hydrogen) atoms. The Morgan fingerprint density at radius 2 is 2.28 bits per heavy atom. The van der Waals surface area contributed by atoms with Crippen LogP contribution in [-0.2, 0) is 17.8 Å². The SMILES string of the molecule is C=CC(=O)NCCc1nc2ccccc2n1CC. The highest BCUT2D eigenvalue weighted by atomic mass is 16.1. The summed E-state index contributed by atoms with van der Waals surface area (Å²) in [5, 5.41) is 2.77. The van der Waals surface area contributed by atoms with Crippen molar-refractivity contribution in [2.75, 3.05) is 6.54 Å². The molecule has 0 atom stereocenters. The number of rotatable bonds is 5. The second-order valence-corrected chi connectivity index (χ2v) is 4.01. The van der Waals surface area contributed by atoms with Crippen LogP contribution in [0, 0.1) is 0 Å². The van der Waals surface area contributed by atoms with Crippen molar-refractivity contribution in [1.29, 1.82) is 0 Å². The first kappa shape index (κ1) is 12.4. The molecule has 0 bridgehead atoms. The first-order chi connectivity index (χ1) is 8.76. The van der Waals surface area contributed by atoms with Crippen LogP contribution < -0.4 is 5.32 Å². The van der Waals surface area contributed by atoms with Gasteiger partial charge in [0.15, 0.2) is 0 Å². The van der Waals surface area contributed by atoms with Gasteiger partial charge in [-0.25, -0.2) is 4.98 Å². The molecule has 4 nitrogen and oxygen atoms in total. The molecule has 1 aromatic heterocycles. The van der Waals surface area contributed by atoms with Gasteiger partial charge in [-0.3, -0.25) is 4.79 Å². The summed E-state index contributed by atoms with van der Waals surface area (Å²) < 4.78 is 2.18. The normalized spacial score (nSPS) is 10.5. The number of hydrogen-bond donors (Lipinski definition) is 1. The van der Waals surface area contributed by atoms with Gasteiger partial charge in [-0.15, -0.1) is 0 Å². The van der Waals surface area contributed by atoms with Crippen LogP contribution in [0.1, 0.15) is 12.7 Å². The van der Waals surface area contributed by atoms with Gasteiger partial charge < -0.3 is 9.88 Å². The van der Waals surface area contributed by atoms with E-state index in [-0.39, 0.29) is 5.91 Å². The van der Waals surface area contributed by atoms with E-state index in [0.29, 0.717) is 6.54 Å². The third kappa shape index (κ3) is 2.42. The number of nitrogens with one attached hydrogen (secondary N) is 1. The van der Waals surface area contributed by atoms with Crippen LogP contribution in [0.2, 0.25) is 0 Å². The van der Waals surface area contributed by atoms with Gasteiger partial charge in [-0.1, -0.05) is 18.7 Å². The molecular weight excluding hydrogens is 226 g/mol. The summed E-state index contributed by atoms with van der Waals surface area (Å²) in [6, 6.07) is 8.07. The molecule has 1 heterocycles. The van der Waals surface area contributed by atoms with Gasteiger partial charge in [0, 0.05) is 19.5 Å². The van der Waals surface area contributed by atoms with Crippen molar-refractivity contribution < 1.29 is 4.79 Å². The van der Waals surface area contributed by atoms with Crippen LogP contribution >= 0.6 is 0 Å². The molecule has 0 saturated carbocycles. The number of hydrogen-bond acceptors (Lipinski definition) is 2. The molecule has 1 amide bonds. The highest BCUT2D eigenvalue weighted by Crippen LogP contribution is 2.15. The van der Waals surface area contributed by atoms with Crippen molar-refractivity contribution >= 4 is 16.9 Å². The molecule has 0 radical (unpaired) electrons. The lowest BCUT2D eigenvalue weighted by atomic mass is 10.3. The Balaban J connectivity index is 2.17. The van der Waals surface area contributed by atoms with Gasteiger partial charge in [0.2, 0.25) is 5.91 Å². The van der Waals surface area contributed by atoms with Crippen molar-refractivity contribution in [1.82, 2.24) is 14.9 Å². The Labute approximate surface area is 106 Å². The van der Waals surface area contributed by atoms with E-state index in [9.17, 15) is 4.79 Å². The second kappa shape index (κ2) is 5.49. The first-order valence-electron chi connectivity index (χ1n) is 6.10. The number of carbonyl (C=O) groups is 1. The summed E-state index contributed by atoms with van der Waals surface area (Å²) in [4.78, 5) is 15.7. The maximum atomic E-state index is 11.1. The van der Waals surface area contributed by atoms with Crippen LogP contribution in [0.4, 0.5) is 0 Å². The van der Waals surface area contributed by atoms with Gasteiger partial charge in [0.25, 0.3) is 0 Å². The molecule has 0 unspecified atom stereocenters. The summed E-state index contributed by atoms with van der Waals surface area (Å²) in [5.74, 6) is 0.859. The van der Waals surface area contributed by atoms with Crippen molar-refractivity contribution in [2.24, 2.45) is 0 Å². The molecular formula is C14H17N3O. The lowest BCUT2D eigenvalue weighted by molar-refractivity contribution is -0.116. The molecule has 0 spiro atoms. The Kier molecular flexibility index (Phi) is 3.77. The van der Waals surface area contributed by atoms with Crippen LogP contribution in [0.5, 0.6) is 0 Å². The largest absolute Gasteiger partial charge is 0.352 e. The van der Waals surface area contributed by atoms with E-state index >= 15 is 0 Å². The topological polar surface area (TPSA) is 46.9 Å². The number of benzene rings is 1. The molecule has 0 saturated heterocycles. The minimum absolute atomic E-state index is 0.144. The smallest absolute Gasteiger partial charge is 0.243 e. The number of imidazole rings is 1. The number of para-hydroxylation sites is 2. The fraction of sp³-hybridized carbons (Fsp3) is 0.286. The maximum absolute atomic E-state index is 11.1. The number of aryl methyl sites for hydroxylation is 1. The fourth-order valence-corrected chi connectivity index (χ4v) is 2.04. The third-order valence-corrected chi connectivity index (χ3v) is 2.88. The quantitative estimate of drug-likeness (QED) is 0.815.